The molecule has 0 radical (unpaired) electrons. The molecule has 0 aliphatic heterocycles. The highest BCUT2D eigenvalue weighted by molar-refractivity contribution is 6.18. The summed E-state index contributed by atoms with van der Waals surface area (Å²) in [6.07, 6.45) is 0.855. The Morgan fingerprint density at radius 2 is 1.88 bits per heavy atom. The van der Waals surface area contributed by atoms with Gasteiger partial charge in [0.1, 0.15) is 12.4 Å². The Hall–Kier alpha value is -1.54. The minimum absolute atomic E-state index is 0.448. The molecule has 0 unspecified atom stereocenters. The molecule has 0 aliphatic carbocycles. The van der Waals surface area contributed by atoms with Gasteiger partial charge in [-0.2, -0.15) is 0 Å². The molecule has 0 spiro atoms. The van der Waals surface area contributed by atoms with Crippen LogP contribution in [0.2, 0.25) is 0 Å². The molecule has 2 aromatic rings. The molecule has 0 fully saturated rings. The Balaban J connectivity index is 2.55. The van der Waals surface area contributed by atoms with E-state index in [0.717, 1.165) is 22.8 Å². The second-order valence-corrected chi connectivity index (χ2v) is 3.73. The third kappa shape index (κ3) is 2.02. The second-order valence-electron chi connectivity index (χ2n) is 3.35. The molecule has 0 saturated carbocycles. The number of benzene rings is 2. The summed E-state index contributed by atoms with van der Waals surface area (Å²) in [5.74, 6) is 1.21. The van der Waals surface area contributed by atoms with Crippen LogP contribution in [0, 0.1) is 0 Å². The molecular weight excluding hydrogens is 224 g/mol. The Morgan fingerprint density at radius 3 is 2.56 bits per heavy atom. The van der Waals surface area contributed by atoms with E-state index in [9.17, 15) is 4.79 Å². The van der Waals surface area contributed by atoms with Crippen molar-refractivity contribution >= 4 is 28.7 Å². The van der Waals surface area contributed by atoms with E-state index in [0.29, 0.717) is 18.1 Å². The number of carbonyl (C=O) groups excluding carboxylic acids is 1. The largest absolute Gasteiger partial charge is 0.492 e. The number of carbonyl (C=O) groups is 1. The average molecular weight is 235 g/mol. The number of rotatable bonds is 4. The maximum absolute atomic E-state index is 10.9. The number of aldehydes is 1. The van der Waals surface area contributed by atoms with Gasteiger partial charge in [-0.3, -0.25) is 4.79 Å². The van der Waals surface area contributed by atoms with Crippen molar-refractivity contribution in [2.24, 2.45) is 0 Å². The molecule has 82 valence electrons. The third-order valence-electron chi connectivity index (χ3n) is 2.38. The fourth-order valence-electron chi connectivity index (χ4n) is 1.67. The second kappa shape index (κ2) is 4.99. The van der Waals surface area contributed by atoms with Gasteiger partial charge in [0.05, 0.1) is 5.88 Å². The first kappa shape index (κ1) is 11.0. The number of alkyl halides is 1. The predicted molar refractivity (Wildman–Crippen MR) is 65.6 cm³/mol. The minimum atomic E-state index is 0.448. The van der Waals surface area contributed by atoms with Gasteiger partial charge in [0.15, 0.2) is 6.29 Å². The summed E-state index contributed by atoms with van der Waals surface area (Å²) in [5, 5.41) is 1.85. The Labute approximate surface area is 98.8 Å². The van der Waals surface area contributed by atoms with Crippen molar-refractivity contribution in [3.8, 4) is 5.75 Å². The van der Waals surface area contributed by atoms with Crippen molar-refractivity contribution in [3.05, 3.63) is 42.0 Å². The van der Waals surface area contributed by atoms with Crippen LogP contribution in [0.15, 0.2) is 36.4 Å². The lowest BCUT2D eigenvalue weighted by Gasteiger charge is -2.09. The van der Waals surface area contributed by atoms with E-state index in [4.69, 9.17) is 16.3 Å². The van der Waals surface area contributed by atoms with Crippen LogP contribution in [0.5, 0.6) is 5.75 Å². The van der Waals surface area contributed by atoms with Crippen LogP contribution in [0.25, 0.3) is 10.8 Å². The first-order valence-electron chi connectivity index (χ1n) is 5.02. The zero-order valence-corrected chi connectivity index (χ0v) is 9.41. The predicted octanol–water partition coefficient (Wildman–Crippen LogP) is 3.27. The monoisotopic (exact) mass is 234 g/mol. The van der Waals surface area contributed by atoms with Crippen LogP contribution < -0.4 is 4.74 Å². The van der Waals surface area contributed by atoms with Crippen LogP contribution in [0.1, 0.15) is 10.4 Å². The lowest BCUT2D eigenvalue weighted by molar-refractivity contribution is 0.112. The van der Waals surface area contributed by atoms with Gasteiger partial charge in [-0.1, -0.05) is 24.3 Å². The van der Waals surface area contributed by atoms with Gasteiger partial charge >= 0.3 is 0 Å². The molecule has 0 amide bonds. The first-order chi connectivity index (χ1) is 7.86. The summed E-state index contributed by atoms with van der Waals surface area (Å²) >= 11 is 5.58. The summed E-state index contributed by atoms with van der Waals surface area (Å²) < 4.78 is 5.52. The molecule has 0 aliphatic rings. The number of hydrogen-bond acceptors (Lipinski definition) is 2. The molecule has 0 bridgehead atoms. The Kier molecular flexibility index (Phi) is 3.42. The molecular formula is C13H11ClO2. The van der Waals surface area contributed by atoms with Gasteiger partial charge in [0.2, 0.25) is 0 Å². The van der Waals surface area contributed by atoms with Gasteiger partial charge < -0.3 is 4.74 Å². The fourth-order valence-corrected chi connectivity index (χ4v) is 1.75. The molecule has 0 atom stereocenters. The van der Waals surface area contributed by atoms with Crippen molar-refractivity contribution in [3.63, 3.8) is 0 Å². The summed E-state index contributed by atoms with van der Waals surface area (Å²) in [5.41, 5.74) is 0.675. The van der Waals surface area contributed by atoms with E-state index in [-0.39, 0.29) is 0 Å². The number of halogens is 1. The van der Waals surface area contributed by atoms with Gasteiger partial charge in [-0.25, -0.2) is 0 Å². The molecule has 0 saturated heterocycles. The van der Waals surface area contributed by atoms with E-state index < -0.39 is 0 Å². The number of ether oxygens (including phenoxy) is 1. The van der Waals surface area contributed by atoms with Gasteiger partial charge in [0.25, 0.3) is 0 Å². The summed E-state index contributed by atoms with van der Waals surface area (Å²) in [4.78, 5) is 10.9. The van der Waals surface area contributed by atoms with E-state index in [2.05, 4.69) is 0 Å². The molecule has 2 nitrogen and oxygen atoms in total. The topological polar surface area (TPSA) is 26.3 Å². The quantitative estimate of drug-likeness (QED) is 0.600. The fraction of sp³-hybridized carbons (Fsp3) is 0.154. The molecule has 0 aromatic heterocycles. The van der Waals surface area contributed by atoms with Crippen molar-refractivity contribution in [1.82, 2.24) is 0 Å². The summed E-state index contributed by atoms with van der Waals surface area (Å²) in [6, 6.07) is 11.2. The van der Waals surface area contributed by atoms with Gasteiger partial charge in [0, 0.05) is 10.9 Å². The molecule has 2 aromatic carbocycles. The lowest BCUT2D eigenvalue weighted by Crippen LogP contribution is -1.99. The van der Waals surface area contributed by atoms with Crippen molar-refractivity contribution in [1.29, 1.82) is 0 Å². The normalized spacial score (nSPS) is 10.3. The maximum Gasteiger partial charge on any atom is 0.150 e. The molecule has 2 rings (SSSR count). The Bertz CT molecular complexity index is 508. The van der Waals surface area contributed by atoms with Crippen LogP contribution in [-0.2, 0) is 0 Å². The molecule has 3 heteroatoms. The van der Waals surface area contributed by atoms with Crippen LogP contribution >= 0.6 is 11.6 Å². The van der Waals surface area contributed by atoms with Crippen LogP contribution in [0.4, 0.5) is 0 Å². The zero-order chi connectivity index (χ0) is 11.4. The van der Waals surface area contributed by atoms with Gasteiger partial charge in [-0.05, 0) is 17.5 Å². The third-order valence-corrected chi connectivity index (χ3v) is 2.53. The Morgan fingerprint density at radius 1 is 1.12 bits per heavy atom. The standard InChI is InChI=1S/C13H11ClO2/c14-7-8-16-13-6-5-10(9-15)11-3-1-2-4-12(11)13/h1-6,9H,7-8H2. The highest BCUT2D eigenvalue weighted by Crippen LogP contribution is 2.27. The summed E-state index contributed by atoms with van der Waals surface area (Å²) in [7, 11) is 0. The zero-order valence-electron chi connectivity index (χ0n) is 8.65. The molecule has 0 heterocycles. The van der Waals surface area contributed by atoms with Crippen molar-refractivity contribution in [2.75, 3.05) is 12.5 Å². The minimum Gasteiger partial charge on any atom is -0.492 e. The van der Waals surface area contributed by atoms with E-state index in [1.54, 1.807) is 12.1 Å². The highest BCUT2D eigenvalue weighted by atomic mass is 35.5. The molecule has 16 heavy (non-hydrogen) atoms. The SMILES string of the molecule is O=Cc1ccc(OCCCl)c2ccccc12. The highest BCUT2D eigenvalue weighted by Gasteiger charge is 2.05. The van der Waals surface area contributed by atoms with Crippen molar-refractivity contribution < 1.29 is 9.53 Å². The van der Waals surface area contributed by atoms with E-state index in [1.165, 1.54) is 0 Å². The van der Waals surface area contributed by atoms with E-state index in [1.807, 2.05) is 24.3 Å². The van der Waals surface area contributed by atoms with Crippen LogP contribution in [0.3, 0.4) is 0 Å². The first-order valence-corrected chi connectivity index (χ1v) is 5.56. The van der Waals surface area contributed by atoms with Crippen LogP contribution in [-0.4, -0.2) is 18.8 Å². The number of fused-ring (bicyclic) bond motifs is 1. The number of hydrogen-bond donors (Lipinski definition) is 0. The average Bonchev–Trinajstić information content (AvgIpc) is 2.36. The maximum atomic E-state index is 10.9. The smallest absolute Gasteiger partial charge is 0.150 e. The van der Waals surface area contributed by atoms with Crippen molar-refractivity contribution in [2.45, 2.75) is 0 Å². The van der Waals surface area contributed by atoms with E-state index >= 15 is 0 Å². The summed E-state index contributed by atoms with van der Waals surface area (Å²) in [6.45, 7) is 0.464. The molecule has 0 N–H and O–H groups in total. The van der Waals surface area contributed by atoms with Gasteiger partial charge in [-0.15, -0.1) is 11.6 Å². The lowest BCUT2D eigenvalue weighted by atomic mass is 10.0.